The molecule has 3 rings (SSSR count). The molecule has 0 saturated carbocycles. The van der Waals surface area contributed by atoms with E-state index in [2.05, 4.69) is 31.1 Å². The van der Waals surface area contributed by atoms with E-state index in [9.17, 15) is 9.18 Å². The van der Waals surface area contributed by atoms with Gasteiger partial charge in [0.25, 0.3) is 5.91 Å². The van der Waals surface area contributed by atoms with Crippen molar-refractivity contribution >= 4 is 34.7 Å². The van der Waals surface area contributed by atoms with Gasteiger partial charge in [-0.15, -0.1) is 0 Å². The molecule has 0 atom stereocenters. The molecule has 0 aliphatic rings. The average Bonchev–Trinajstić information content (AvgIpc) is 2.68. The van der Waals surface area contributed by atoms with Gasteiger partial charge in [0.05, 0.1) is 10.7 Å². The molecule has 1 amide bonds. The highest BCUT2D eigenvalue weighted by atomic mass is 35.5. The van der Waals surface area contributed by atoms with Gasteiger partial charge in [-0.2, -0.15) is 0 Å². The van der Waals surface area contributed by atoms with E-state index >= 15 is 0 Å². The predicted molar refractivity (Wildman–Crippen MR) is 117 cm³/mol. The van der Waals surface area contributed by atoms with Crippen LogP contribution >= 0.6 is 11.6 Å². The Bertz CT molecular complexity index is 1030. The topological polar surface area (TPSA) is 45.2 Å². The fourth-order valence-electron chi connectivity index (χ4n) is 2.91. The monoisotopic (exact) mass is 411 g/mol. The Labute approximate surface area is 175 Å². The number of pyridine rings is 1. The van der Waals surface area contributed by atoms with Gasteiger partial charge >= 0.3 is 0 Å². The van der Waals surface area contributed by atoms with E-state index < -0.39 is 5.82 Å². The summed E-state index contributed by atoms with van der Waals surface area (Å²) in [6, 6.07) is 15.3. The standard InChI is InChI=1S/C23H23ClFN3O/c1-23(2,3)16-8-10-17(11-9-16)27-22(29)15-7-12-19(25)20(14-15)28(4)21-18(24)6-5-13-26-21/h5-14H,1-4H3,(H,27,29). The van der Waals surface area contributed by atoms with Crippen molar-refractivity contribution in [3.8, 4) is 0 Å². The number of nitrogens with one attached hydrogen (secondary N) is 1. The third-order valence-electron chi connectivity index (χ3n) is 4.64. The highest BCUT2D eigenvalue weighted by Crippen LogP contribution is 2.31. The maximum absolute atomic E-state index is 14.4. The molecule has 1 aromatic heterocycles. The van der Waals surface area contributed by atoms with Crippen molar-refractivity contribution in [2.75, 3.05) is 17.3 Å². The molecule has 29 heavy (non-hydrogen) atoms. The number of hydrogen-bond donors (Lipinski definition) is 1. The van der Waals surface area contributed by atoms with E-state index in [1.54, 1.807) is 25.4 Å². The molecule has 150 valence electrons. The Morgan fingerprint density at radius 2 is 1.79 bits per heavy atom. The number of nitrogens with zero attached hydrogens (tertiary/aromatic N) is 2. The summed E-state index contributed by atoms with van der Waals surface area (Å²) in [5.74, 6) is -0.390. The molecule has 0 saturated heterocycles. The molecule has 1 N–H and O–H groups in total. The zero-order valence-electron chi connectivity index (χ0n) is 16.8. The lowest BCUT2D eigenvalue weighted by Crippen LogP contribution is -2.17. The van der Waals surface area contributed by atoms with Crippen LogP contribution in [0.4, 0.5) is 21.6 Å². The molecule has 2 aromatic carbocycles. The van der Waals surface area contributed by atoms with Gasteiger partial charge in [-0.3, -0.25) is 4.79 Å². The molecule has 6 heteroatoms. The van der Waals surface area contributed by atoms with Crippen molar-refractivity contribution in [2.24, 2.45) is 0 Å². The summed E-state index contributed by atoms with van der Waals surface area (Å²) in [6.45, 7) is 6.39. The van der Waals surface area contributed by atoms with Crippen LogP contribution in [0.1, 0.15) is 36.7 Å². The number of aromatic nitrogens is 1. The lowest BCUT2D eigenvalue weighted by Gasteiger charge is -2.21. The molecule has 0 spiro atoms. The van der Waals surface area contributed by atoms with E-state index in [0.717, 1.165) is 0 Å². The van der Waals surface area contributed by atoms with E-state index in [4.69, 9.17) is 11.6 Å². The van der Waals surface area contributed by atoms with Crippen LogP contribution in [0, 0.1) is 5.82 Å². The normalized spacial score (nSPS) is 11.2. The SMILES string of the molecule is CN(c1cc(C(=O)Nc2ccc(C(C)(C)C)cc2)ccc1F)c1ncccc1Cl. The van der Waals surface area contributed by atoms with Crippen molar-refractivity contribution in [2.45, 2.75) is 26.2 Å². The molecule has 0 fully saturated rings. The summed E-state index contributed by atoms with van der Waals surface area (Å²) in [7, 11) is 1.65. The first kappa shape index (κ1) is 20.8. The Balaban J connectivity index is 1.83. The van der Waals surface area contributed by atoms with Crippen LogP contribution in [-0.2, 0) is 5.41 Å². The Kier molecular flexibility index (Phi) is 5.89. The molecular weight excluding hydrogens is 389 g/mol. The first-order valence-electron chi connectivity index (χ1n) is 9.22. The van der Waals surface area contributed by atoms with Gasteiger partial charge in [0, 0.05) is 24.5 Å². The van der Waals surface area contributed by atoms with Gasteiger partial charge in [-0.05, 0) is 53.4 Å². The molecule has 0 aliphatic carbocycles. The van der Waals surface area contributed by atoms with E-state index in [1.807, 2.05) is 24.3 Å². The Morgan fingerprint density at radius 3 is 2.41 bits per heavy atom. The Morgan fingerprint density at radius 1 is 1.10 bits per heavy atom. The van der Waals surface area contributed by atoms with Crippen LogP contribution < -0.4 is 10.2 Å². The fraction of sp³-hybridized carbons (Fsp3) is 0.217. The number of anilines is 3. The predicted octanol–water partition coefficient (Wildman–Crippen LogP) is 6.19. The maximum Gasteiger partial charge on any atom is 0.255 e. The molecule has 0 aliphatic heterocycles. The van der Waals surface area contributed by atoms with Crippen LogP contribution in [0.25, 0.3) is 0 Å². The second-order valence-corrected chi connectivity index (χ2v) is 8.22. The van der Waals surface area contributed by atoms with Gasteiger partial charge < -0.3 is 10.2 Å². The molecule has 3 aromatic rings. The number of hydrogen-bond acceptors (Lipinski definition) is 3. The first-order valence-corrected chi connectivity index (χ1v) is 9.60. The van der Waals surface area contributed by atoms with Crippen LogP contribution in [0.2, 0.25) is 5.02 Å². The summed E-state index contributed by atoms with van der Waals surface area (Å²) >= 11 is 6.17. The number of carbonyl (C=O) groups excluding carboxylic acids is 1. The highest BCUT2D eigenvalue weighted by molar-refractivity contribution is 6.33. The average molecular weight is 412 g/mol. The summed E-state index contributed by atoms with van der Waals surface area (Å²) < 4.78 is 14.4. The summed E-state index contributed by atoms with van der Waals surface area (Å²) in [5, 5.41) is 3.24. The van der Waals surface area contributed by atoms with Crippen molar-refractivity contribution in [1.82, 2.24) is 4.98 Å². The summed E-state index contributed by atoms with van der Waals surface area (Å²) in [6.07, 6.45) is 1.58. The molecular formula is C23H23ClFN3O. The molecule has 0 unspecified atom stereocenters. The molecule has 1 heterocycles. The number of halogens is 2. The minimum absolute atomic E-state index is 0.0335. The van der Waals surface area contributed by atoms with E-state index in [-0.39, 0.29) is 17.0 Å². The Hall–Kier alpha value is -2.92. The number of carbonyl (C=O) groups is 1. The number of rotatable bonds is 4. The van der Waals surface area contributed by atoms with Crippen molar-refractivity contribution in [3.63, 3.8) is 0 Å². The zero-order chi connectivity index (χ0) is 21.2. The smallest absolute Gasteiger partial charge is 0.255 e. The highest BCUT2D eigenvalue weighted by Gasteiger charge is 2.17. The third-order valence-corrected chi connectivity index (χ3v) is 4.93. The zero-order valence-corrected chi connectivity index (χ0v) is 17.6. The van der Waals surface area contributed by atoms with Crippen molar-refractivity contribution < 1.29 is 9.18 Å². The maximum atomic E-state index is 14.4. The molecule has 0 radical (unpaired) electrons. The third kappa shape index (κ3) is 4.74. The van der Waals surface area contributed by atoms with E-state index in [1.165, 1.54) is 28.7 Å². The van der Waals surface area contributed by atoms with Crippen LogP contribution in [0.15, 0.2) is 60.8 Å². The second kappa shape index (κ2) is 8.21. The van der Waals surface area contributed by atoms with E-state index in [0.29, 0.717) is 22.1 Å². The summed E-state index contributed by atoms with van der Waals surface area (Å²) in [4.78, 5) is 18.4. The van der Waals surface area contributed by atoms with Crippen LogP contribution in [0.3, 0.4) is 0 Å². The van der Waals surface area contributed by atoms with Crippen LogP contribution in [0.5, 0.6) is 0 Å². The van der Waals surface area contributed by atoms with Gasteiger partial charge in [-0.25, -0.2) is 9.37 Å². The quantitative estimate of drug-likeness (QED) is 0.556. The minimum atomic E-state index is -0.472. The fourth-order valence-corrected chi connectivity index (χ4v) is 3.15. The van der Waals surface area contributed by atoms with Crippen molar-refractivity contribution in [3.05, 3.63) is 82.8 Å². The van der Waals surface area contributed by atoms with Gasteiger partial charge in [0.1, 0.15) is 5.82 Å². The minimum Gasteiger partial charge on any atom is -0.326 e. The molecule has 0 bridgehead atoms. The number of benzene rings is 2. The first-order chi connectivity index (χ1) is 13.7. The largest absolute Gasteiger partial charge is 0.326 e. The van der Waals surface area contributed by atoms with Gasteiger partial charge in [0.2, 0.25) is 0 Å². The number of amides is 1. The van der Waals surface area contributed by atoms with Crippen LogP contribution in [-0.4, -0.2) is 17.9 Å². The summed E-state index contributed by atoms with van der Waals surface area (Å²) in [5.41, 5.74) is 2.43. The molecule has 4 nitrogen and oxygen atoms in total. The lowest BCUT2D eigenvalue weighted by atomic mass is 9.87. The van der Waals surface area contributed by atoms with Gasteiger partial charge in [-0.1, -0.05) is 44.5 Å². The van der Waals surface area contributed by atoms with Crippen molar-refractivity contribution in [1.29, 1.82) is 0 Å². The van der Waals surface area contributed by atoms with Gasteiger partial charge in [0.15, 0.2) is 5.82 Å². The second-order valence-electron chi connectivity index (χ2n) is 7.82. The lowest BCUT2D eigenvalue weighted by molar-refractivity contribution is 0.102.